The summed E-state index contributed by atoms with van der Waals surface area (Å²) >= 11 is 0. The Morgan fingerprint density at radius 3 is 2.40 bits per heavy atom. The van der Waals surface area contributed by atoms with Crippen LogP contribution in [0.5, 0.6) is 0 Å². The van der Waals surface area contributed by atoms with E-state index in [-0.39, 0.29) is 35.5 Å². The molecule has 0 radical (unpaired) electrons. The first kappa shape index (κ1) is 39.8. The second kappa shape index (κ2) is 16.8. The number of carboxylic acid groups (broad SMARTS) is 1. The van der Waals surface area contributed by atoms with Crippen molar-refractivity contribution in [1.29, 1.82) is 0 Å². The standard InChI is InChI=1S/C25H23F3N2O3.C16H20F2N2O2/c1-29-19(24(32)33)13-14-7-5-10-16-15(14)9-6-11-17(16)21-22(25(26,27)28)18-8-3-4-12-20(18)30(2)23(21)31;17-15-7-12(8-16(18)14(15)11-21)20-5-6-22-13(10-20)9-19-3-1-2-4-19/h3,5-11,19,29H,4,12-13H2,1-2H3,(H,32,33);7-8,11,13H,1-6,9-10H2. The fourth-order valence-corrected chi connectivity index (χ4v) is 7.79. The van der Waals surface area contributed by atoms with Crippen LogP contribution in [0.4, 0.5) is 27.6 Å². The molecule has 3 aliphatic rings. The molecule has 1 aromatic heterocycles. The van der Waals surface area contributed by atoms with E-state index >= 15 is 0 Å². The second-order valence-electron chi connectivity index (χ2n) is 14.0. The van der Waals surface area contributed by atoms with Crippen LogP contribution in [0.1, 0.15) is 52.0 Å². The van der Waals surface area contributed by atoms with Crippen molar-refractivity contribution in [2.24, 2.45) is 7.05 Å². The van der Waals surface area contributed by atoms with Gasteiger partial charge >= 0.3 is 12.1 Å². The third-order valence-electron chi connectivity index (χ3n) is 10.6. The highest BCUT2D eigenvalue weighted by Gasteiger charge is 2.40. The quantitative estimate of drug-likeness (QED) is 0.148. The van der Waals surface area contributed by atoms with E-state index in [1.165, 1.54) is 55.8 Å². The minimum atomic E-state index is -4.73. The third kappa shape index (κ3) is 8.51. The molecule has 2 N–H and O–H groups in total. The summed E-state index contributed by atoms with van der Waals surface area (Å²) in [5.41, 5.74) is -0.805. The molecule has 2 fully saturated rings. The summed E-state index contributed by atoms with van der Waals surface area (Å²) in [6, 6.07) is 11.5. The van der Waals surface area contributed by atoms with Gasteiger partial charge in [-0.1, -0.05) is 48.6 Å². The molecular formula is C41H43F5N4O5. The number of aromatic nitrogens is 1. The van der Waals surface area contributed by atoms with Crippen molar-refractivity contribution in [1.82, 2.24) is 14.8 Å². The molecule has 3 aromatic carbocycles. The van der Waals surface area contributed by atoms with Gasteiger partial charge in [-0.3, -0.25) is 14.4 Å². The number of likely N-dealkylation sites (N-methyl/N-ethyl adjacent to an activating group) is 1. The minimum absolute atomic E-state index is 0.0279. The van der Waals surface area contributed by atoms with E-state index < -0.39 is 46.5 Å². The number of anilines is 1. The van der Waals surface area contributed by atoms with Gasteiger partial charge in [-0.25, -0.2) is 8.78 Å². The molecule has 2 atom stereocenters. The van der Waals surface area contributed by atoms with Crippen molar-refractivity contribution >= 4 is 34.8 Å². The maximum atomic E-state index is 14.4. The highest BCUT2D eigenvalue weighted by atomic mass is 19.4. The maximum Gasteiger partial charge on any atom is 0.417 e. The smallest absolute Gasteiger partial charge is 0.417 e. The van der Waals surface area contributed by atoms with E-state index in [9.17, 15) is 41.4 Å². The molecule has 2 aliphatic heterocycles. The Morgan fingerprint density at radius 2 is 1.75 bits per heavy atom. The fraction of sp³-hybridized carbons (Fsp3) is 0.390. The van der Waals surface area contributed by atoms with Crippen LogP contribution in [0.3, 0.4) is 0 Å². The number of alkyl halides is 3. The molecule has 3 heterocycles. The number of fused-ring (bicyclic) bond motifs is 2. The monoisotopic (exact) mass is 766 g/mol. The molecule has 0 saturated carbocycles. The number of allylic oxidation sites excluding steroid dienone is 1. The number of carbonyl (C=O) groups excluding carboxylic acids is 1. The Kier molecular flexibility index (Phi) is 12.2. The van der Waals surface area contributed by atoms with Gasteiger partial charge in [0.2, 0.25) is 0 Å². The number of rotatable bonds is 9. The Bertz CT molecular complexity index is 2140. The lowest BCUT2D eigenvalue weighted by molar-refractivity contribution is -0.139. The number of benzene rings is 3. The first-order chi connectivity index (χ1) is 26.3. The summed E-state index contributed by atoms with van der Waals surface area (Å²) < 4.78 is 77.7. The molecular weight excluding hydrogens is 723 g/mol. The fourth-order valence-electron chi connectivity index (χ4n) is 7.79. The summed E-state index contributed by atoms with van der Waals surface area (Å²) in [4.78, 5) is 39.7. The molecule has 0 spiro atoms. The summed E-state index contributed by atoms with van der Waals surface area (Å²) in [6.07, 6.45) is 2.19. The predicted molar refractivity (Wildman–Crippen MR) is 201 cm³/mol. The molecule has 1 aliphatic carbocycles. The summed E-state index contributed by atoms with van der Waals surface area (Å²) in [5.74, 6) is -2.65. The molecule has 14 heteroatoms. The van der Waals surface area contributed by atoms with Crippen LogP contribution in [-0.2, 0) is 35.6 Å². The van der Waals surface area contributed by atoms with Crippen LogP contribution < -0.4 is 15.8 Å². The van der Waals surface area contributed by atoms with E-state index in [1.54, 1.807) is 36.4 Å². The first-order valence-electron chi connectivity index (χ1n) is 18.3. The Labute approximate surface area is 315 Å². The zero-order valence-corrected chi connectivity index (χ0v) is 30.6. The number of carboxylic acids is 1. The summed E-state index contributed by atoms with van der Waals surface area (Å²) in [5, 5.41) is 13.2. The zero-order chi connectivity index (χ0) is 39.4. The van der Waals surface area contributed by atoms with E-state index in [1.807, 2.05) is 4.90 Å². The Balaban J connectivity index is 0.000000203. The third-order valence-corrected chi connectivity index (χ3v) is 10.6. The number of pyridine rings is 1. The number of hydrogen-bond donors (Lipinski definition) is 2. The topological polar surface area (TPSA) is 104 Å². The van der Waals surface area contributed by atoms with E-state index in [0.29, 0.717) is 60.3 Å². The molecule has 2 saturated heterocycles. The highest BCUT2D eigenvalue weighted by Crippen LogP contribution is 2.42. The number of aldehydes is 1. The summed E-state index contributed by atoms with van der Waals surface area (Å²) in [7, 11) is 3.04. The van der Waals surface area contributed by atoms with Gasteiger partial charge in [0.25, 0.3) is 5.56 Å². The van der Waals surface area contributed by atoms with Crippen molar-refractivity contribution in [2.45, 2.75) is 50.4 Å². The van der Waals surface area contributed by atoms with Gasteiger partial charge in [0.05, 0.1) is 29.4 Å². The van der Waals surface area contributed by atoms with Gasteiger partial charge in [-0.2, -0.15) is 13.2 Å². The minimum Gasteiger partial charge on any atom is -0.480 e. The van der Waals surface area contributed by atoms with Crippen molar-refractivity contribution in [3.05, 3.63) is 105 Å². The molecule has 55 heavy (non-hydrogen) atoms. The van der Waals surface area contributed by atoms with Gasteiger partial charge in [0, 0.05) is 43.6 Å². The van der Waals surface area contributed by atoms with Gasteiger partial charge in [-0.15, -0.1) is 0 Å². The zero-order valence-electron chi connectivity index (χ0n) is 30.6. The molecule has 9 nitrogen and oxygen atoms in total. The molecule has 7 rings (SSSR count). The number of ether oxygens (including phenoxy) is 1. The van der Waals surface area contributed by atoms with Crippen LogP contribution in [-0.4, -0.2) is 85.4 Å². The van der Waals surface area contributed by atoms with Crippen LogP contribution in [0, 0.1) is 11.6 Å². The van der Waals surface area contributed by atoms with Gasteiger partial charge < -0.3 is 29.5 Å². The number of hydrogen-bond acceptors (Lipinski definition) is 7. The average Bonchev–Trinajstić information content (AvgIpc) is 3.67. The van der Waals surface area contributed by atoms with Crippen LogP contribution >= 0.6 is 0 Å². The average molecular weight is 767 g/mol. The largest absolute Gasteiger partial charge is 0.480 e. The SMILES string of the molecule is CNC(Cc1cccc2c(-c3c(C(F)(F)F)c4c(n(C)c3=O)CCC=C4)cccc12)C(=O)O.O=Cc1c(F)cc(N2CCOC(CN3CCCC3)C2)cc1F. The van der Waals surface area contributed by atoms with Crippen LogP contribution in [0.15, 0.2) is 59.4 Å². The van der Waals surface area contributed by atoms with Gasteiger partial charge in [0.15, 0.2) is 6.29 Å². The predicted octanol–water partition coefficient (Wildman–Crippen LogP) is 6.48. The Hall–Kier alpha value is -4.92. The maximum absolute atomic E-state index is 14.4. The number of aliphatic carboxylic acids is 1. The van der Waals surface area contributed by atoms with Gasteiger partial charge in [0.1, 0.15) is 17.7 Å². The van der Waals surface area contributed by atoms with Gasteiger partial charge in [-0.05, 0) is 86.3 Å². The van der Waals surface area contributed by atoms with Crippen molar-refractivity contribution < 1.29 is 41.4 Å². The molecule has 0 amide bonds. The van der Waals surface area contributed by atoms with E-state index in [0.717, 1.165) is 19.6 Å². The normalized spacial score (nSPS) is 17.8. The number of morpholine rings is 1. The van der Waals surface area contributed by atoms with Crippen molar-refractivity contribution in [2.75, 3.05) is 51.3 Å². The lowest BCUT2D eigenvalue weighted by atomic mass is 9.88. The molecule has 0 bridgehead atoms. The lowest BCUT2D eigenvalue weighted by Crippen LogP contribution is -2.47. The second-order valence-corrected chi connectivity index (χ2v) is 14.0. The van der Waals surface area contributed by atoms with Crippen molar-refractivity contribution in [3.63, 3.8) is 0 Å². The number of likely N-dealkylation sites (tertiary alicyclic amines) is 1. The number of nitrogens with zero attached hydrogens (tertiary/aromatic N) is 3. The number of halogens is 5. The number of nitrogens with one attached hydrogen (secondary N) is 1. The Morgan fingerprint density at radius 1 is 1.05 bits per heavy atom. The molecule has 2 unspecified atom stereocenters. The molecule has 292 valence electrons. The first-order valence-corrected chi connectivity index (χ1v) is 18.3. The summed E-state index contributed by atoms with van der Waals surface area (Å²) in [6.45, 7) is 4.78. The van der Waals surface area contributed by atoms with E-state index in [2.05, 4.69) is 10.2 Å². The number of carbonyl (C=O) groups is 2. The van der Waals surface area contributed by atoms with Crippen molar-refractivity contribution in [3.8, 4) is 11.1 Å². The molecule has 4 aromatic rings. The lowest BCUT2D eigenvalue weighted by Gasteiger charge is -2.36. The van der Waals surface area contributed by atoms with Crippen LogP contribution in [0.2, 0.25) is 0 Å². The van der Waals surface area contributed by atoms with E-state index in [4.69, 9.17) is 4.74 Å². The van der Waals surface area contributed by atoms with Crippen LogP contribution in [0.25, 0.3) is 28.0 Å². The highest BCUT2D eigenvalue weighted by molar-refractivity contribution is 5.99.